The molecule has 168 valence electrons. The molecule has 3 aromatic rings. The maximum absolute atomic E-state index is 14.2. The minimum absolute atomic E-state index is 0.0691. The van der Waals surface area contributed by atoms with Crippen LogP contribution in [0.25, 0.3) is 0 Å². The standard InChI is InChI=1S/C22H21FN2O6S/c1-29-16-7-4-14(5-8-16)25-32(27,28)21-12-15(6-11-20(21)31-3)24-22(26)18-10-9-17(30-2)13-19(18)23/h4-13,25H,1-3H3,(H,24,26). The van der Waals surface area contributed by atoms with Crippen molar-refractivity contribution in [3.63, 3.8) is 0 Å². The molecule has 8 nitrogen and oxygen atoms in total. The molecule has 0 radical (unpaired) electrons. The number of carbonyl (C=O) groups is 1. The molecule has 1 amide bonds. The van der Waals surface area contributed by atoms with Gasteiger partial charge in [-0.3, -0.25) is 9.52 Å². The van der Waals surface area contributed by atoms with Crippen molar-refractivity contribution in [3.05, 3.63) is 72.0 Å². The summed E-state index contributed by atoms with van der Waals surface area (Å²) in [7, 11) is 0.137. The van der Waals surface area contributed by atoms with Crippen molar-refractivity contribution < 1.29 is 31.8 Å². The second-order valence-electron chi connectivity index (χ2n) is 6.50. The predicted molar refractivity (Wildman–Crippen MR) is 118 cm³/mol. The number of ether oxygens (including phenoxy) is 3. The zero-order chi connectivity index (χ0) is 23.3. The molecule has 3 rings (SSSR count). The molecule has 2 N–H and O–H groups in total. The molecular weight excluding hydrogens is 439 g/mol. The van der Waals surface area contributed by atoms with E-state index in [4.69, 9.17) is 14.2 Å². The summed E-state index contributed by atoms with van der Waals surface area (Å²) in [5, 5.41) is 2.50. The second-order valence-corrected chi connectivity index (χ2v) is 8.15. The Bertz CT molecular complexity index is 1230. The van der Waals surface area contributed by atoms with Crippen molar-refractivity contribution in [2.75, 3.05) is 31.4 Å². The fourth-order valence-electron chi connectivity index (χ4n) is 2.84. The second kappa shape index (κ2) is 9.56. The Balaban J connectivity index is 1.88. The van der Waals surface area contributed by atoms with E-state index in [0.717, 1.165) is 6.07 Å². The lowest BCUT2D eigenvalue weighted by Gasteiger charge is -2.14. The fraction of sp³-hybridized carbons (Fsp3) is 0.136. The number of amides is 1. The molecule has 0 heterocycles. The summed E-state index contributed by atoms with van der Waals surface area (Å²) in [6, 6.07) is 14.2. The third-order valence-corrected chi connectivity index (χ3v) is 5.88. The van der Waals surface area contributed by atoms with Crippen molar-refractivity contribution >= 4 is 27.3 Å². The van der Waals surface area contributed by atoms with Crippen LogP contribution in [-0.2, 0) is 10.0 Å². The van der Waals surface area contributed by atoms with Gasteiger partial charge in [0.25, 0.3) is 15.9 Å². The van der Waals surface area contributed by atoms with Gasteiger partial charge in [-0.25, -0.2) is 12.8 Å². The number of rotatable bonds is 8. The van der Waals surface area contributed by atoms with E-state index < -0.39 is 21.7 Å². The highest BCUT2D eigenvalue weighted by atomic mass is 32.2. The summed E-state index contributed by atoms with van der Waals surface area (Å²) in [5.41, 5.74) is 0.228. The molecule has 32 heavy (non-hydrogen) atoms. The molecule has 0 aromatic heterocycles. The third kappa shape index (κ3) is 5.09. The van der Waals surface area contributed by atoms with Crippen LogP contribution in [0.3, 0.4) is 0 Å². The maximum atomic E-state index is 14.2. The first kappa shape index (κ1) is 22.9. The van der Waals surface area contributed by atoms with Crippen molar-refractivity contribution in [1.82, 2.24) is 0 Å². The summed E-state index contributed by atoms with van der Waals surface area (Å²) < 4.78 is 57.7. The van der Waals surface area contributed by atoms with Crippen molar-refractivity contribution in [3.8, 4) is 17.2 Å². The molecular formula is C22H21FN2O6S. The Hall–Kier alpha value is -3.79. The lowest BCUT2D eigenvalue weighted by atomic mass is 10.2. The Labute approximate surface area is 185 Å². The zero-order valence-corrected chi connectivity index (χ0v) is 18.3. The van der Waals surface area contributed by atoms with E-state index >= 15 is 0 Å². The van der Waals surface area contributed by atoms with E-state index in [9.17, 15) is 17.6 Å². The van der Waals surface area contributed by atoms with Gasteiger partial charge in [-0.15, -0.1) is 0 Å². The SMILES string of the molecule is COc1ccc(NS(=O)(=O)c2cc(NC(=O)c3ccc(OC)cc3F)ccc2OC)cc1. The molecule has 10 heteroatoms. The molecule has 3 aromatic carbocycles. The minimum Gasteiger partial charge on any atom is -0.497 e. The largest absolute Gasteiger partial charge is 0.497 e. The van der Waals surface area contributed by atoms with Crippen LogP contribution < -0.4 is 24.2 Å². The summed E-state index contributed by atoms with van der Waals surface area (Å²) in [6.07, 6.45) is 0. The number of halogens is 1. The highest BCUT2D eigenvalue weighted by molar-refractivity contribution is 7.92. The molecule has 0 saturated carbocycles. The first-order valence-electron chi connectivity index (χ1n) is 9.27. The highest BCUT2D eigenvalue weighted by Crippen LogP contribution is 2.30. The number of benzene rings is 3. The van der Waals surface area contributed by atoms with E-state index in [2.05, 4.69) is 10.0 Å². The number of hydrogen-bond donors (Lipinski definition) is 2. The van der Waals surface area contributed by atoms with E-state index in [1.54, 1.807) is 24.3 Å². The Kier molecular flexibility index (Phi) is 6.84. The number of hydrogen-bond acceptors (Lipinski definition) is 6. The summed E-state index contributed by atoms with van der Waals surface area (Å²) in [4.78, 5) is 12.3. The smallest absolute Gasteiger partial charge is 0.265 e. The molecule has 0 aliphatic heterocycles. The van der Waals surface area contributed by atoms with E-state index in [-0.39, 0.29) is 27.6 Å². The monoisotopic (exact) mass is 460 g/mol. The maximum Gasteiger partial charge on any atom is 0.265 e. The number of nitrogens with one attached hydrogen (secondary N) is 2. The van der Waals surface area contributed by atoms with Gasteiger partial charge < -0.3 is 19.5 Å². The van der Waals surface area contributed by atoms with Crippen LogP contribution in [0.5, 0.6) is 17.2 Å². The molecule has 0 aliphatic carbocycles. The van der Waals surface area contributed by atoms with Gasteiger partial charge in [0.2, 0.25) is 0 Å². The first-order valence-corrected chi connectivity index (χ1v) is 10.8. The van der Waals surface area contributed by atoms with Gasteiger partial charge in [-0.05, 0) is 54.6 Å². The van der Waals surface area contributed by atoms with Crippen LogP contribution >= 0.6 is 0 Å². The average Bonchev–Trinajstić information content (AvgIpc) is 2.79. The molecule has 0 aliphatic rings. The normalized spacial score (nSPS) is 10.9. The fourth-order valence-corrected chi connectivity index (χ4v) is 4.09. The number of carbonyl (C=O) groups excluding carboxylic acids is 1. The first-order chi connectivity index (χ1) is 15.3. The van der Waals surface area contributed by atoms with E-state index in [1.165, 1.54) is 51.7 Å². The predicted octanol–water partition coefficient (Wildman–Crippen LogP) is 3.90. The van der Waals surface area contributed by atoms with Gasteiger partial charge in [-0.1, -0.05) is 0 Å². The highest BCUT2D eigenvalue weighted by Gasteiger charge is 2.22. The van der Waals surface area contributed by atoms with Crippen molar-refractivity contribution in [1.29, 1.82) is 0 Å². The molecule has 0 bridgehead atoms. The Morgan fingerprint density at radius 1 is 0.812 bits per heavy atom. The number of anilines is 2. The molecule has 0 saturated heterocycles. The van der Waals surface area contributed by atoms with Gasteiger partial charge in [0.15, 0.2) is 0 Å². The van der Waals surface area contributed by atoms with Crippen molar-refractivity contribution in [2.45, 2.75) is 4.90 Å². The van der Waals surface area contributed by atoms with Crippen LogP contribution in [0.15, 0.2) is 65.6 Å². The summed E-state index contributed by atoms with van der Waals surface area (Å²) >= 11 is 0. The van der Waals surface area contributed by atoms with Crippen LogP contribution in [-0.4, -0.2) is 35.7 Å². The zero-order valence-electron chi connectivity index (χ0n) is 17.5. The summed E-state index contributed by atoms with van der Waals surface area (Å²) in [5.74, 6) is -0.617. The molecule has 0 fully saturated rings. The molecule has 0 spiro atoms. The van der Waals surface area contributed by atoms with E-state index in [1.807, 2.05) is 0 Å². The third-order valence-electron chi connectivity index (χ3n) is 4.47. The number of sulfonamides is 1. The van der Waals surface area contributed by atoms with Crippen LogP contribution in [0.4, 0.5) is 15.8 Å². The van der Waals surface area contributed by atoms with Crippen LogP contribution in [0.1, 0.15) is 10.4 Å². The molecule has 0 atom stereocenters. The minimum atomic E-state index is -4.07. The number of methoxy groups -OCH3 is 3. The van der Waals surface area contributed by atoms with Crippen LogP contribution in [0, 0.1) is 5.82 Å². The quantitative estimate of drug-likeness (QED) is 0.529. The Morgan fingerprint density at radius 3 is 2.03 bits per heavy atom. The van der Waals surface area contributed by atoms with Gasteiger partial charge in [0.1, 0.15) is 28.0 Å². The summed E-state index contributed by atoms with van der Waals surface area (Å²) in [6.45, 7) is 0. The van der Waals surface area contributed by atoms with Crippen LogP contribution in [0.2, 0.25) is 0 Å². The lowest BCUT2D eigenvalue weighted by Crippen LogP contribution is -2.16. The van der Waals surface area contributed by atoms with Crippen molar-refractivity contribution in [2.24, 2.45) is 0 Å². The average molecular weight is 460 g/mol. The lowest BCUT2D eigenvalue weighted by molar-refractivity contribution is 0.102. The topological polar surface area (TPSA) is 103 Å². The van der Waals surface area contributed by atoms with Gasteiger partial charge in [0, 0.05) is 17.4 Å². The van der Waals surface area contributed by atoms with Gasteiger partial charge in [-0.2, -0.15) is 0 Å². The Morgan fingerprint density at radius 2 is 1.44 bits per heavy atom. The molecule has 0 unspecified atom stereocenters. The van der Waals surface area contributed by atoms with Gasteiger partial charge in [0.05, 0.1) is 26.9 Å². The van der Waals surface area contributed by atoms with Gasteiger partial charge >= 0.3 is 0 Å². The van der Waals surface area contributed by atoms with E-state index in [0.29, 0.717) is 11.4 Å².